The molecule has 0 bridgehead atoms. The van der Waals surface area contributed by atoms with Gasteiger partial charge in [-0.2, -0.15) is 0 Å². The van der Waals surface area contributed by atoms with Crippen molar-refractivity contribution in [2.75, 3.05) is 0 Å². The highest BCUT2D eigenvalue weighted by atomic mass is 16.4. The van der Waals surface area contributed by atoms with Gasteiger partial charge in [0.05, 0.1) is 11.5 Å². The van der Waals surface area contributed by atoms with E-state index in [-0.39, 0.29) is 5.56 Å². The van der Waals surface area contributed by atoms with Gasteiger partial charge in [-0.3, -0.25) is 4.79 Å². The van der Waals surface area contributed by atoms with E-state index in [1.54, 1.807) is 25.1 Å². The van der Waals surface area contributed by atoms with Crippen LogP contribution in [0.1, 0.15) is 35.2 Å². The summed E-state index contributed by atoms with van der Waals surface area (Å²) in [5.74, 6) is -2.84. The molecule has 1 atom stereocenters. The molecule has 0 fully saturated rings. The van der Waals surface area contributed by atoms with Crippen molar-refractivity contribution < 1.29 is 19.8 Å². The molecule has 0 aromatic heterocycles. The number of rotatable bonds is 4. The van der Waals surface area contributed by atoms with Crippen molar-refractivity contribution in [3.8, 4) is 0 Å². The summed E-state index contributed by atoms with van der Waals surface area (Å²) in [5.41, 5.74) is 0.423. The van der Waals surface area contributed by atoms with Crippen LogP contribution in [0, 0.1) is 0 Å². The van der Waals surface area contributed by atoms with Crippen LogP contribution in [-0.4, -0.2) is 22.2 Å². The molecule has 1 aromatic rings. The molecule has 0 spiro atoms. The lowest BCUT2D eigenvalue weighted by Crippen LogP contribution is -2.14. The first-order valence-electron chi connectivity index (χ1n) is 4.63. The van der Waals surface area contributed by atoms with Gasteiger partial charge in [-0.1, -0.05) is 25.1 Å². The number of hydrogen-bond acceptors (Lipinski definition) is 2. The quantitative estimate of drug-likeness (QED) is 0.793. The second-order valence-electron chi connectivity index (χ2n) is 3.19. The van der Waals surface area contributed by atoms with Gasteiger partial charge in [0.1, 0.15) is 0 Å². The molecule has 4 heteroatoms. The maximum absolute atomic E-state index is 10.9. The van der Waals surface area contributed by atoms with Crippen molar-refractivity contribution in [1.29, 1.82) is 0 Å². The lowest BCUT2D eigenvalue weighted by molar-refractivity contribution is -0.138. The largest absolute Gasteiger partial charge is 0.481 e. The Balaban J connectivity index is 3.22. The molecule has 4 nitrogen and oxygen atoms in total. The van der Waals surface area contributed by atoms with Gasteiger partial charge in [-0.05, 0) is 18.1 Å². The summed E-state index contributed by atoms with van der Waals surface area (Å²) in [6.45, 7) is 1.72. The van der Waals surface area contributed by atoms with Gasteiger partial charge in [0.15, 0.2) is 0 Å². The average molecular weight is 208 g/mol. The summed E-state index contributed by atoms with van der Waals surface area (Å²) in [7, 11) is 0. The van der Waals surface area contributed by atoms with Crippen LogP contribution in [0.4, 0.5) is 0 Å². The Hall–Kier alpha value is -1.84. The van der Waals surface area contributed by atoms with Crippen molar-refractivity contribution >= 4 is 11.9 Å². The highest BCUT2D eigenvalue weighted by molar-refractivity contribution is 5.92. The van der Waals surface area contributed by atoms with Crippen LogP contribution in [0.15, 0.2) is 24.3 Å². The highest BCUT2D eigenvalue weighted by Crippen LogP contribution is 2.23. The SMILES string of the molecule is CC[C@H](C(=O)O)c1ccccc1C(=O)O. The molecule has 0 heterocycles. The Labute approximate surface area is 87.2 Å². The van der Waals surface area contributed by atoms with Gasteiger partial charge in [0.2, 0.25) is 0 Å². The maximum Gasteiger partial charge on any atom is 0.335 e. The second-order valence-corrected chi connectivity index (χ2v) is 3.19. The fourth-order valence-electron chi connectivity index (χ4n) is 1.52. The third kappa shape index (κ3) is 2.34. The fourth-order valence-corrected chi connectivity index (χ4v) is 1.52. The summed E-state index contributed by atoms with van der Waals surface area (Å²) in [5, 5.41) is 17.8. The van der Waals surface area contributed by atoms with Gasteiger partial charge in [-0.25, -0.2) is 4.79 Å². The molecule has 0 saturated heterocycles. The van der Waals surface area contributed by atoms with E-state index >= 15 is 0 Å². The lowest BCUT2D eigenvalue weighted by Gasteiger charge is -2.12. The van der Waals surface area contributed by atoms with Crippen LogP contribution in [-0.2, 0) is 4.79 Å². The van der Waals surface area contributed by atoms with E-state index in [4.69, 9.17) is 10.2 Å². The summed E-state index contributed by atoms with van der Waals surface area (Å²) < 4.78 is 0. The van der Waals surface area contributed by atoms with E-state index < -0.39 is 17.9 Å². The summed E-state index contributed by atoms with van der Waals surface area (Å²) in [6.07, 6.45) is 0.375. The standard InChI is InChI=1S/C11H12O4/c1-2-7(10(12)13)8-5-3-4-6-9(8)11(14)15/h3-7H,2H2,1H3,(H,12,13)(H,14,15)/t7-/m0/s1. The van der Waals surface area contributed by atoms with Gasteiger partial charge in [0.25, 0.3) is 0 Å². The number of benzene rings is 1. The summed E-state index contributed by atoms with van der Waals surface area (Å²) >= 11 is 0. The number of carbonyl (C=O) groups is 2. The molecular formula is C11H12O4. The summed E-state index contributed by atoms with van der Waals surface area (Å²) in [6, 6.07) is 6.20. The highest BCUT2D eigenvalue weighted by Gasteiger charge is 2.22. The monoisotopic (exact) mass is 208 g/mol. The maximum atomic E-state index is 10.9. The minimum atomic E-state index is -1.09. The number of aromatic carboxylic acids is 1. The minimum Gasteiger partial charge on any atom is -0.481 e. The number of aliphatic carboxylic acids is 1. The fraction of sp³-hybridized carbons (Fsp3) is 0.273. The average Bonchev–Trinajstić information content (AvgIpc) is 2.18. The number of carboxylic acid groups (broad SMARTS) is 2. The first kappa shape index (κ1) is 11.2. The van der Waals surface area contributed by atoms with Crippen molar-refractivity contribution in [3.05, 3.63) is 35.4 Å². The van der Waals surface area contributed by atoms with Gasteiger partial charge >= 0.3 is 11.9 Å². The molecule has 0 aliphatic carbocycles. The zero-order chi connectivity index (χ0) is 11.4. The molecule has 0 unspecified atom stereocenters. The molecule has 2 N–H and O–H groups in total. The Morgan fingerprint density at radius 3 is 2.33 bits per heavy atom. The van der Waals surface area contributed by atoms with Crippen LogP contribution in [0.5, 0.6) is 0 Å². The molecular weight excluding hydrogens is 196 g/mol. The van der Waals surface area contributed by atoms with E-state index in [9.17, 15) is 9.59 Å². The number of hydrogen-bond donors (Lipinski definition) is 2. The van der Waals surface area contributed by atoms with Crippen molar-refractivity contribution in [3.63, 3.8) is 0 Å². The third-order valence-electron chi connectivity index (χ3n) is 2.27. The number of carboxylic acids is 2. The van der Waals surface area contributed by atoms with Crippen LogP contribution in [0.3, 0.4) is 0 Å². The van der Waals surface area contributed by atoms with Crippen molar-refractivity contribution in [2.45, 2.75) is 19.3 Å². The zero-order valence-corrected chi connectivity index (χ0v) is 8.30. The van der Waals surface area contributed by atoms with Crippen LogP contribution >= 0.6 is 0 Å². The Kier molecular flexibility index (Phi) is 3.44. The predicted molar refractivity (Wildman–Crippen MR) is 54.1 cm³/mol. The molecule has 0 saturated carbocycles. The van der Waals surface area contributed by atoms with Crippen molar-refractivity contribution in [1.82, 2.24) is 0 Å². The van der Waals surface area contributed by atoms with E-state index in [1.807, 2.05) is 0 Å². The molecule has 0 aliphatic heterocycles. The molecule has 15 heavy (non-hydrogen) atoms. The second kappa shape index (κ2) is 4.59. The van der Waals surface area contributed by atoms with Gasteiger partial charge in [-0.15, -0.1) is 0 Å². The van der Waals surface area contributed by atoms with E-state index in [1.165, 1.54) is 6.07 Å². The van der Waals surface area contributed by atoms with E-state index in [0.29, 0.717) is 12.0 Å². The zero-order valence-electron chi connectivity index (χ0n) is 8.30. The Morgan fingerprint density at radius 1 is 1.27 bits per heavy atom. The van der Waals surface area contributed by atoms with E-state index in [0.717, 1.165) is 0 Å². The predicted octanol–water partition coefficient (Wildman–Crippen LogP) is 1.96. The molecule has 0 amide bonds. The third-order valence-corrected chi connectivity index (χ3v) is 2.27. The van der Waals surface area contributed by atoms with Crippen LogP contribution in [0.2, 0.25) is 0 Å². The van der Waals surface area contributed by atoms with E-state index in [2.05, 4.69) is 0 Å². The minimum absolute atomic E-state index is 0.0618. The lowest BCUT2D eigenvalue weighted by atomic mass is 9.92. The molecule has 80 valence electrons. The first-order chi connectivity index (χ1) is 7.07. The Bertz CT molecular complexity index is 384. The normalized spacial score (nSPS) is 12.1. The smallest absolute Gasteiger partial charge is 0.335 e. The van der Waals surface area contributed by atoms with Crippen LogP contribution < -0.4 is 0 Å². The summed E-state index contributed by atoms with van der Waals surface area (Å²) in [4.78, 5) is 21.8. The van der Waals surface area contributed by atoms with Crippen LogP contribution in [0.25, 0.3) is 0 Å². The molecule has 1 aromatic carbocycles. The Morgan fingerprint density at radius 2 is 1.87 bits per heavy atom. The molecule has 0 aliphatic rings. The first-order valence-corrected chi connectivity index (χ1v) is 4.63. The molecule has 0 radical (unpaired) electrons. The molecule has 1 rings (SSSR count). The topological polar surface area (TPSA) is 74.6 Å². The van der Waals surface area contributed by atoms with Gasteiger partial charge in [0, 0.05) is 0 Å². The van der Waals surface area contributed by atoms with Crippen molar-refractivity contribution in [2.24, 2.45) is 0 Å². The van der Waals surface area contributed by atoms with Gasteiger partial charge < -0.3 is 10.2 Å².